The van der Waals surface area contributed by atoms with Gasteiger partial charge in [0, 0.05) is 30.0 Å². The van der Waals surface area contributed by atoms with Crippen molar-refractivity contribution in [2.24, 2.45) is 5.11 Å². The minimum atomic E-state index is 0. The molecule has 0 aliphatic carbocycles. The van der Waals surface area contributed by atoms with Crippen molar-refractivity contribution in [2.45, 2.75) is 19.9 Å². The Morgan fingerprint density at radius 1 is 1.43 bits per heavy atom. The van der Waals surface area contributed by atoms with Crippen LogP contribution in [0.4, 0.5) is 0 Å². The van der Waals surface area contributed by atoms with Crippen LogP contribution in [0.5, 0.6) is 0 Å². The SMILES string of the molecule is Cc1cc[n+](CCCN=[N+]=[N-])cc1.[I-]. The normalized spacial score (nSPS) is 8.64. The van der Waals surface area contributed by atoms with Crippen molar-refractivity contribution in [1.29, 1.82) is 0 Å². The minimum Gasteiger partial charge on any atom is -1.00 e. The van der Waals surface area contributed by atoms with Gasteiger partial charge < -0.3 is 24.0 Å². The van der Waals surface area contributed by atoms with Gasteiger partial charge >= 0.3 is 0 Å². The zero-order chi connectivity index (χ0) is 9.52. The largest absolute Gasteiger partial charge is 1.00 e. The molecule has 0 saturated heterocycles. The van der Waals surface area contributed by atoms with Crippen molar-refractivity contribution in [3.63, 3.8) is 0 Å². The van der Waals surface area contributed by atoms with Gasteiger partial charge in [0.05, 0.1) is 0 Å². The molecule has 5 heteroatoms. The van der Waals surface area contributed by atoms with Crippen LogP contribution in [0.2, 0.25) is 0 Å². The zero-order valence-electron chi connectivity index (χ0n) is 8.10. The van der Waals surface area contributed by atoms with Crippen LogP contribution in [0.25, 0.3) is 10.4 Å². The van der Waals surface area contributed by atoms with Gasteiger partial charge in [0.25, 0.3) is 0 Å². The van der Waals surface area contributed by atoms with Crippen LogP contribution in [0.3, 0.4) is 0 Å². The molecule has 1 heterocycles. The number of aryl methyl sites for hydroxylation is 2. The first-order chi connectivity index (χ1) is 6.33. The van der Waals surface area contributed by atoms with Crippen LogP contribution in [0.1, 0.15) is 12.0 Å². The fourth-order valence-electron chi connectivity index (χ4n) is 1.05. The summed E-state index contributed by atoms with van der Waals surface area (Å²) in [6, 6.07) is 4.13. The zero-order valence-corrected chi connectivity index (χ0v) is 10.3. The third-order valence-electron chi connectivity index (χ3n) is 1.80. The number of nitrogens with zero attached hydrogens (tertiary/aromatic N) is 4. The third-order valence-corrected chi connectivity index (χ3v) is 1.80. The Bertz CT molecular complexity index is 303. The van der Waals surface area contributed by atoms with E-state index in [-0.39, 0.29) is 24.0 Å². The highest BCUT2D eigenvalue weighted by Gasteiger charge is 1.97. The van der Waals surface area contributed by atoms with Crippen LogP contribution in [0, 0.1) is 6.92 Å². The van der Waals surface area contributed by atoms with Gasteiger partial charge in [-0.2, -0.15) is 0 Å². The number of hydrogen-bond acceptors (Lipinski definition) is 1. The Labute approximate surface area is 101 Å². The van der Waals surface area contributed by atoms with Crippen molar-refractivity contribution in [2.75, 3.05) is 6.54 Å². The van der Waals surface area contributed by atoms with Crippen molar-refractivity contribution < 1.29 is 28.5 Å². The van der Waals surface area contributed by atoms with Crippen LogP contribution >= 0.6 is 0 Å². The molecule has 0 amide bonds. The molecule has 0 saturated carbocycles. The maximum atomic E-state index is 8.05. The van der Waals surface area contributed by atoms with E-state index in [2.05, 4.69) is 33.6 Å². The Hall–Kier alpha value is -0.810. The summed E-state index contributed by atoms with van der Waals surface area (Å²) in [5.74, 6) is 0. The summed E-state index contributed by atoms with van der Waals surface area (Å²) >= 11 is 0. The average molecular weight is 304 g/mol. The van der Waals surface area contributed by atoms with E-state index in [1.807, 2.05) is 12.4 Å². The van der Waals surface area contributed by atoms with Crippen LogP contribution in [-0.4, -0.2) is 6.54 Å². The number of hydrogen-bond donors (Lipinski definition) is 0. The molecule has 0 radical (unpaired) electrons. The summed E-state index contributed by atoms with van der Waals surface area (Å²) in [5.41, 5.74) is 9.31. The molecule has 0 atom stereocenters. The first kappa shape index (κ1) is 13.2. The lowest BCUT2D eigenvalue weighted by molar-refractivity contribution is -0.697. The highest BCUT2D eigenvalue weighted by Crippen LogP contribution is 1.90. The molecular formula is C9H13IN4. The standard InChI is InChI=1S/C9H13N4.HI/c1-9-3-7-13(8-4-9)6-2-5-11-12-10;/h3-4,7-8H,2,5-6H2,1H3;1H/q+1;/p-1. The van der Waals surface area contributed by atoms with E-state index in [0.717, 1.165) is 13.0 Å². The summed E-state index contributed by atoms with van der Waals surface area (Å²) in [6.07, 6.45) is 4.95. The van der Waals surface area contributed by atoms with Gasteiger partial charge in [-0.1, -0.05) is 5.11 Å². The van der Waals surface area contributed by atoms with E-state index in [1.165, 1.54) is 5.56 Å². The number of pyridine rings is 1. The topological polar surface area (TPSA) is 52.6 Å². The summed E-state index contributed by atoms with van der Waals surface area (Å²) < 4.78 is 2.08. The summed E-state index contributed by atoms with van der Waals surface area (Å²) in [4.78, 5) is 2.70. The molecule has 0 aliphatic heterocycles. The summed E-state index contributed by atoms with van der Waals surface area (Å²) in [7, 11) is 0. The van der Waals surface area contributed by atoms with E-state index in [0.29, 0.717) is 6.54 Å². The molecule has 0 aliphatic rings. The molecule has 1 aromatic heterocycles. The molecule has 0 spiro atoms. The Morgan fingerprint density at radius 3 is 2.64 bits per heavy atom. The van der Waals surface area contributed by atoms with E-state index < -0.39 is 0 Å². The lowest BCUT2D eigenvalue weighted by Gasteiger charge is -1.94. The minimum absolute atomic E-state index is 0. The van der Waals surface area contributed by atoms with Crippen LogP contribution in [-0.2, 0) is 6.54 Å². The number of rotatable bonds is 4. The molecule has 0 N–H and O–H groups in total. The maximum Gasteiger partial charge on any atom is 0.169 e. The quantitative estimate of drug-likeness (QED) is 0.171. The van der Waals surface area contributed by atoms with E-state index in [4.69, 9.17) is 5.53 Å². The van der Waals surface area contributed by atoms with Gasteiger partial charge in [-0.25, -0.2) is 4.57 Å². The molecule has 4 nitrogen and oxygen atoms in total. The number of aromatic nitrogens is 1. The predicted octanol–water partition coefficient (Wildman–Crippen LogP) is -1.01. The van der Waals surface area contributed by atoms with Gasteiger partial charge in [0.1, 0.15) is 6.54 Å². The summed E-state index contributed by atoms with van der Waals surface area (Å²) in [6.45, 7) is 3.53. The molecular weight excluding hydrogens is 291 g/mol. The van der Waals surface area contributed by atoms with Gasteiger partial charge in [-0.15, -0.1) is 0 Å². The lowest BCUT2D eigenvalue weighted by atomic mass is 10.3. The molecule has 14 heavy (non-hydrogen) atoms. The third kappa shape index (κ3) is 5.04. The fraction of sp³-hybridized carbons (Fsp3) is 0.444. The van der Waals surface area contributed by atoms with Crippen molar-refractivity contribution in [1.82, 2.24) is 0 Å². The first-order valence-corrected chi connectivity index (χ1v) is 4.29. The molecule has 0 aromatic carbocycles. The number of azide groups is 1. The average Bonchev–Trinajstić information content (AvgIpc) is 2.15. The summed E-state index contributed by atoms with van der Waals surface area (Å²) in [5, 5.41) is 3.47. The highest BCUT2D eigenvalue weighted by atomic mass is 127. The Balaban J connectivity index is 0.00000169. The Kier molecular flexibility index (Phi) is 7.14. The molecule has 0 bridgehead atoms. The molecule has 0 unspecified atom stereocenters. The lowest BCUT2D eigenvalue weighted by Crippen LogP contribution is -3.00. The van der Waals surface area contributed by atoms with Gasteiger partial charge in [-0.3, -0.25) is 0 Å². The second kappa shape index (κ2) is 7.58. The van der Waals surface area contributed by atoms with Crippen molar-refractivity contribution >= 4 is 0 Å². The first-order valence-electron chi connectivity index (χ1n) is 4.29. The molecule has 76 valence electrons. The molecule has 0 fully saturated rings. The highest BCUT2D eigenvalue weighted by molar-refractivity contribution is 5.03. The van der Waals surface area contributed by atoms with Crippen LogP contribution in [0.15, 0.2) is 29.6 Å². The second-order valence-corrected chi connectivity index (χ2v) is 2.92. The van der Waals surface area contributed by atoms with E-state index in [1.54, 1.807) is 0 Å². The van der Waals surface area contributed by atoms with E-state index >= 15 is 0 Å². The monoisotopic (exact) mass is 304 g/mol. The smallest absolute Gasteiger partial charge is 0.169 e. The number of halogens is 1. The van der Waals surface area contributed by atoms with E-state index in [9.17, 15) is 0 Å². The maximum absolute atomic E-state index is 8.05. The van der Waals surface area contributed by atoms with Crippen molar-refractivity contribution in [3.05, 3.63) is 40.5 Å². The van der Waals surface area contributed by atoms with Crippen molar-refractivity contribution in [3.8, 4) is 0 Å². The van der Waals surface area contributed by atoms with Gasteiger partial charge in [-0.05, 0) is 18.0 Å². The van der Waals surface area contributed by atoms with Gasteiger partial charge in [0.15, 0.2) is 12.4 Å². The Morgan fingerprint density at radius 2 is 2.07 bits per heavy atom. The molecule has 1 aromatic rings. The molecule has 1 rings (SSSR count). The fourth-order valence-corrected chi connectivity index (χ4v) is 1.05. The predicted molar refractivity (Wildman–Crippen MR) is 50.0 cm³/mol. The van der Waals surface area contributed by atoms with Crippen LogP contribution < -0.4 is 28.5 Å². The van der Waals surface area contributed by atoms with Gasteiger partial charge in [0.2, 0.25) is 0 Å². The second-order valence-electron chi connectivity index (χ2n) is 2.92.